The third-order valence-corrected chi connectivity index (χ3v) is 1.77. The lowest BCUT2D eigenvalue weighted by Gasteiger charge is -2.37. The van der Waals surface area contributed by atoms with E-state index in [1.165, 1.54) is 0 Å². The average molecular weight is 200 g/mol. The van der Waals surface area contributed by atoms with Crippen LogP contribution in [0.3, 0.4) is 0 Å². The van der Waals surface area contributed by atoms with Crippen LogP contribution < -0.4 is 10.6 Å². The molecule has 0 radical (unpaired) electrons. The molecule has 0 aliphatic carbocycles. The van der Waals surface area contributed by atoms with Crippen LogP contribution in [0.5, 0.6) is 0 Å². The number of nitrogens with one attached hydrogen (secondary N) is 2. The van der Waals surface area contributed by atoms with Gasteiger partial charge in [0.15, 0.2) is 0 Å². The van der Waals surface area contributed by atoms with Crippen molar-refractivity contribution < 1.29 is 0 Å². The Balaban J connectivity index is 4.09. The van der Waals surface area contributed by atoms with Crippen molar-refractivity contribution in [3.63, 3.8) is 0 Å². The fourth-order valence-electron chi connectivity index (χ4n) is 1.55. The molecule has 0 aromatic carbocycles. The summed E-state index contributed by atoms with van der Waals surface area (Å²) in [5.74, 6) is 0. The standard InChI is InChI=1S/C12H28N2/c1-10(2,3)13-9-12(7,8)14-11(4,5)6/h13-14H,9H2,1-8H3. The van der Waals surface area contributed by atoms with Crippen LogP contribution >= 0.6 is 0 Å². The first-order chi connectivity index (χ1) is 5.91. The molecule has 0 aromatic heterocycles. The van der Waals surface area contributed by atoms with Crippen LogP contribution in [0.4, 0.5) is 0 Å². The van der Waals surface area contributed by atoms with Crippen LogP contribution in [0.1, 0.15) is 55.4 Å². The largest absolute Gasteiger partial charge is 0.310 e. The first-order valence-corrected chi connectivity index (χ1v) is 5.46. The van der Waals surface area contributed by atoms with E-state index in [0.29, 0.717) is 0 Å². The second kappa shape index (κ2) is 4.19. The normalized spacial score (nSPS) is 14.6. The van der Waals surface area contributed by atoms with Gasteiger partial charge in [-0.15, -0.1) is 0 Å². The predicted molar refractivity (Wildman–Crippen MR) is 64.7 cm³/mol. The Morgan fingerprint density at radius 1 is 0.714 bits per heavy atom. The SMILES string of the molecule is CC(C)(C)NCC(C)(C)NC(C)(C)C. The van der Waals surface area contributed by atoms with E-state index in [1.807, 2.05) is 0 Å². The highest BCUT2D eigenvalue weighted by atomic mass is 15.1. The summed E-state index contributed by atoms with van der Waals surface area (Å²) in [4.78, 5) is 0. The molecular formula is C12H28N2. The molecule has 0 atom stereocenters. The zero-order chi connectivity index (χ0) is 11.6. The molecule has 0 saturated heterocycles. The summed E-state index contributed by atoms with van der Waals surface area (Å²) in [5, 5.41) is 7.13. The summed E-state index contributed by atoms with van der Waals surface area (Å²) in [7, 11) is 0. The van der Waals surface area contributed by atoms with Crippen LogP contribution in [-0.4, -0.2) is 23.2 Å². The summed E-state index contributed by atoms with van der Waals surface area (Å²) in [5.41, 5.74) is 0.491. The minimum atomic E-state index is 0.130. The fourth-order valence-corrected chi connectivity index (χ4v) is 1.55. The smallest absolute Gasteiger partial charge is 0.0254 e. The highest BCUT2D eigenvalue weighted by molar-refractivity contribution is 4.89. The van der Waals surface area contributed by atoms with Crippen LogP contribution in [-0.2, 0) is 0 Å². The van der Waals surface area contributed by atoms with E-state index < -0.39 is 0 Å². The molecule has 2 nitrogen and oxygen atoms in total. The Hall–Kier alpha value is -0.0800. The van der Waals surface area contributed by atoms with E-state index in [-0.39, 0.29) is 16.6 Å². The summed E-state index contributed by atoms with van der Waals surface area (Å²) in [6, 6.07) is 0. The third-order valence-electron chi connectivity index (χ3n) is 1.77. The van der Waals surface area contributed by atoms with Gasteiger partial charge in [-0.05, 0) is 55.4 Å². The van der Waals surface area contributed by atoms with Crippen molar-refractivity contribution in [2.75, 3.05) is 6.54 Å². The zero-order valence-electron chi connectivity index (χ0n) is 11.2. The molecule has 0 aliphatic rings. The predicted octanol–water partition coefficient (Wildman–Crippen LogP) is 2.54. The van der Waals surface area contributed by atoms with Crippen molar-refractivity contribution in [3.05, 3.63) is 0 Å². The molecule has 0 aliphatic heterocycles. The Labute approximate surface area is 89.9 Å². The summed E-state index contributed by atoms with van der Waals surface area (Å²) in [6.45, 7) is 18.6. The first-order valence-electron chi connectivity index (χ1n) is 5.46. The van der Waals surface area contributed by atoms with E-state index in [0.717, 1.165) is 6.54 Å². The maximum absolute atomic E-state index is 3.61. The molecular weight excluding hydrogens is 172 g/mol. The monoisotopic (exact) mass is 200 g/mol. The highest BCUT2D eigenvalue weighted by Crippen LogP contribution is 2.11. The van der Waals surface area contributed by atoms with Gasteiger partial charge in [0.2, 0.25) is 0 Å². The quantitative estimate of drug-likeness (QED) is 0.731. The van der Waals surface area contributed by atoms with Gasteiger partial charge in [0.1, 0.15) is 0 Å². The Morgan fingerprint density at radius 2 is 1.14 bits per heavy atom. The molecule has 0 amide bonds. The van der Waals surface area contributed by atoms with Gasteiger partial charge in [-0.2, -0.15) is 0 Å². The Bertz CT molecular complexity index is 170. The van der Waals surface area contributed by atoms with Gasteiger partial charge in [-0.1, -0.05) is 0 Å². The zero-order valence-corrected chi connectivity index (χ0v) is 11.2. The molecule has 0 bridgehead atoms. The number of hydrogen-bond donors (Lipinski definition) is 2. The summed E-state index contributed by atoms with van der Waals surface area (Å²) < 4.78 is 0. The average Bonchev–Trinajstić information content (AvgIpc) is 1.76. The van der Waals surface area contributed by atoms with Gasteiger partial charge in [0.25, 0.3) is 0 Å². The third kappa shape index (κ3) is 8.52. The molecule has 14 heavy (non-hydrogen) atoms. The maximum atomic E-state index is 3.61. The summed E-state index contributed by atoms with van der Waals surface area (Å²) >= 11 is 0. The van der Waals surface area contributed by atoms with Crippen LogP contribution in [0.25, 0.3) is 0 Å². The number of hydrogen-bond acceptors (Lipinski definition) is 2. The molecule has 0 fully saturated rings. The van der Waals surface area contributed by atoms with Crippen LogP contribution in [0.15, 0.2) is 0 Å². The molecule has 0 heterocycles. The van der Waals surface area contributed by atoms with Gasteiger partial charge in [-0.25, -0.2) is 0 Å². The van der Waals surface area contributed by atoms with E-state index in [1.54, 1.807) is 0 Å². The van der Waals surface area contributed by atoms with E-state index in [4.69, 9.17) is 0 Å². The molecule has 0 rings (SSSR count). The van der Waals surface area contributed by atoms with Crippen LogP contribution in [0.2, 0.25) is 0 Å². The van der Waals surface area contributed by atoms with Crippen molar-refractivity contribution in [2.45, 2.75) is 72.0 Å². The summed E-state index contributed by atoms with van der Waals surface area (Å²) in [6.07, 6.45) is 0. The Morgan fingerprint density at radius 3 is 1.43 bits per heavy atom. The van der Waals surface area contributed by atoms with Crippen molar-refractivity contribution in [3.8, 4) is 0 Å². The van der Waals surface area contributed by atoms with Crippen molar-refractivity contribution in [1.29, 1.82) is 0 Å². The lowest BCUT2D eigenvalue weighted by atomic mass is 9.97. The molecule has 2 N–H and O–H groups in total. The molecule has 0 unspecified atom stereocenters. The van der Waals surface area contributed by atoms with Crippen molar-refractivity contribution >= 4 is 0 Å². The van der Waals surface area contributed by atoms with E-state index in [9.17, 15) is 0 Å². The second-order valence-corrected chi connectivity index (χ2v) is 6.86. The minimum absolute atomic E-state index is 0.130. The van der Waals surface area contributed by atoms with Gasteiger partial charge >= 0.3 is 0 Å². The van der Waals surface area contributed by atoms with Crippen LogP contribution in [0, 0.1) is 0 Å². The molecule has 0 spiro atoms. The van der Waals surface area contributed by atoms with Gasteiger partial charge < -0.3 is 10.6 Å². The molecule has 0 aromatic rings. The van der Waals surface area contributed by atoms with Crippen molar-refractivity contribution in [2.24, 2.45) is 0 Å². The van der Waals surface area contributed by atoms with E-state index >= 15 is 0 Å². The second-order valence-electron chi connectivity index (χ2n) is 6.86. The highest BCUT2D eigenvalue weighted by Gasteiger charge is 2.25. The molecule has 86 valence electrons. The van der Waals surface area contributed by atoms with Gasteiger partial charge in [-0.3, -0.25) is 0 Å². The molecule has 2 heteroatoms. The molecule has 0 saturated carbocycles. The lowest BCUT2D eigenvalue weighted by Crippen LogP contribution is -2.57. The first kappa shape index (κ1) is 13.9. The van der Waals surface area contributed by atoms with E-state index in [2.05, 4.69) is 66.0 Å². The van der Waals surface area contributed by atoms with Gasteiger partial charge in [0.05, 0.1) is 0 Å². The topological polar surface area (TPSA) is 24.1 Å². The fraction of sp³-hybridized carbons (Fsp3) is 1.00. The Kier molecular flexibility index (Phi) is 4.17. The lowest BCUT2D eigenvalue weighted by molar-refractivity contribution is 0.251. The minimum Gasteiger partial charge on any atom is -0.310 e. The van der Waals surface area contributed by atoms with Gasteiger partial charge in [0, 0.05) is 23.2 Å². The maximum Gasteiger partial charge on any atom is 0.0254 e. The van der Waals surface area contributed by atoms with Crippen molar-refractivity contribution in [1.82, 2.24) is 10.6 Å². The number of rotatable bonds is 3.